The maximum absolute atomic E-state index is 5.45. The fraction of sp³-hybridized carbons (Fsp3) is 0.125. The Kier molecular flexibility index (Phi) is 1.88. The predicted octanol–water partition coefficient (Wildman–Crippen LogP) is 3.80. The van der Waals surface area contributed by atoms with Crippen molar-refractivity contribution in [2.45, 2.75) is 12.8 Å². The summed E-state index contributed by atoms with van der Waals surface area (Å²) in [7, 11) is 0. The van der Waals surface area contributed by atoms with Crippen LogP contribution in [-0.4, -0.2) is 0 Å². The largest absolute Gasteiger partial charge is 0.115 e. The molecule has 0 bridgehead atoms. The van der Waals surface area contributed by atoms with Gasteiger partial charge in [0.2, 0.25) is 0 Å². The van der Waals surface area contributed by atoms with E-state index in [1.807, 2.05) is 6.07 Å². The topological polar surface area (TPSA) is 0 Å². The van der Waals surface area contributed by atoms with E-state index < -0.39 is 0 Å². The van der Waals surface area contributed by atoms with Crippen LogP contribution in [0.15, 0.2) is 42.5 Å². The smallest absolute Gasteiger partial charge is 0.0248 e. The summed E-state index contributed by atoms with van der Waals surface area (Å²) in [5.41, 5.74) is 6.40. The van der Waals surface area contributed by atoms with E-state index in [0.717, 1.165) is 5.56 Å². The van der Waals surface area contributed by atoms with Crippen LogP contribution in [0.25, 0.3) is 11.1 Å². The van der Waals surface area contributed by atoms with Gasteiger partial charge in [0.25, 0.3) is 0 Å². The minimum Gasteiger partial charge on any atom is -0.115 e. The van der Waals surface area contributed by atoms with Crippen LogP contribution in [0.1, 0.15) is 29.5 Å². The van der Waals surface area contributed by atoms with Gasteiger partial charge < -0.3 is 0 Å². The second kappa shape index (κ2) is 3.25. The van der Waals surface area contributed by atoms with Gasteiger partial charge in [-0.05, 0) is 34.4 Å². The average molecular weight is 204 g/mol. The Morgan fingerprint density at radius 2 is 1.75 bits per heavy atom. The number of rotatable bonds is 0. The number of benzene rings is 2. The minimum atomic E-state index is 0.484. The van der Waals surface area contributed by atoms with E-state index in [1.54, 1.807) is 0 Å². The first-order chi connectivity index (χ1) is 7.81. The van der Waals surface area contributed by atoms with Crippen molar-refractivity contribution in [2.24, 2.45) is 0 Å². The van der Waals surface area contributed by atoms with Gasteiger partial charge in [0.05, 0.1) is 0 Å². The van der Waals surface area contributed by atoms with E-state index in [0.29, 0.717) is 5.92 Å². The van der Waals surface area contributed by atoms with Crippen LogP contribution >= 0.6 is 0 Å². The third-order valence-corrected chi connectivity index (χ3v) is 3.40. The normalized spacial score (nSPS) is 16.4. The molecule has 0 amide bonds. The highest BCUT2D eigenvalue weighted by Gasteiger charge is 2.24. The van der Waals surface area contributed by atoms with Gasteiger partial charge in [-0.1, -0.05) is 43.2 Å². The third-order valence-electron chi connectivity index (χ3n) is 3.40. The van der Waals surface area contributed by atoms with Crippen molar-refractivity contribution in [3.8, 4) is 23.5 Å². The Hall–Kier alpha value is -2.00. The quantitative estimate of drug-likeness (QED) is 0.572. The standard InChI is InChI=1S/C16H12/c1-3-12-8-9-14-11(2)13-6-4-5-7-15(13)16(14)10-12/h1,4-11H,2H3. The lowest BCUT2D eigenvalue weighted by molar-refractivity contribution is 0.956. The lowest BCUT2D eigenvalue weighted by atomic mass is 9.99. The van der Waals surface area contributed by atoms with E-state index in [-0.39, 0.29) is 0 Å². The van der Waals surface area contributed by atoms with E-state index in [1.165, 1.54) is 22.3 Å². The number of hydrogen-bond acceptors (Lipinski definition) is 0. The third kappa shape index (κ3) is 1.12. The van der Waals surface area contributed by atoms with Gasteiger partial charge in [-0.15, -0.1) is 6.42 Å². The van der Waals surface area contributed by atoms with Crippen molar-refractivity contribution < 1.29 is 0 Å². The molecule has 0 saturated heterocycles. The maximum atomic E-state index is 5.45. The van der Waals surface area contributed by atoms with Crippen molar-refractivity contribution in [1.82, 2.24) is 0 Å². The first kappa shape index (κ1) is 9.24. The van der Waals surface area contributed by atoms with Crippen molar-refractivity contribution in [3.05, 3.63) is 59.2 Å². The molecule has 1 aliphatic rings. The molecular formula is C16H12. The molecule has 0 heteroatoms. The van der Waals surface area contributed by atoms with E-state index in [2.05, 4.69) is 49.2 Å². The fourth-order valence-electron chi connectivity index (χ4n) is 2.54. The summed E-state index contributed by atoms with van der Waals surface area (Å²) in [6, 6.07) is 14.9. The molecule has 0 saturated carbocycles. The van der Waals surface area contributed by atoms with Gasteiger partial charge in [-0.2, -0.15) is 0 Å². The SMILES string of the molecule is C#Cc1ccc2c(c1)-c1ccccc1C2C. The molecule has 0 nitrogen and oxygen atoms in total. The molecule has 0 aliphatic heterocycles. The van der Waals surface area contributed by atoms with Crippen molar-refractivity contribution in [3.63, 3.8) is 0 Å². The molecule has 2 aromatic carbocycles. The minimum absolute atomic E-state index is 0.484. The number of fused-ring (bicyclic) bond motifs is 3. The van der Waals surface area contributed by atoms with Crippen LogP contribution in [0.2, 0.25) is 0 Å². The van der Waals surface area contributed by atoms with Crippen LogP contribution in [0.3, 0.4) is 0 Å². The average Bonchev–Trinajstić information content (AvgIpc) is 2.64. The zero-order valence-corrected chi connectivity index (χ0v) is 9.20. The summed E-state index contributed by atoms with van der Waals surface area (Å²) in [5.74, 6) is 3.19. The van der Waals surface area contributed by atoms with Crippen LogP contribution in [-0.2, 0) is 0 Å². The molecule has 0 spiro atoms. The van der Waals surface area contributed by atoms with E-state index >= 15 is 0 Å². The molecule has 1 atom stereocenters. The first-order valence-corrected chi connectivity index (χ1v) is 5.51. The molecule has 0 fully saturated rings. The Bertz CT molecular complexity index is 600. The van der Waals surface area contributed by atoms with Crippen LogP contribution in [0.5, 0.6) is 0 Å². The molecule has 0 aromatic heterocycles. The summed E-state index contributed by atoms with van der Waals surface area (Å²) < 4.78 is 0. The Balaban J connectivity index is 2.32. The first-order valence-electron chi connectivity index (χ1n) is 5.51. The van der Waals surface area contributed by atoms with Crippen molar-refractivity contribution >= 4 is 0 Å². The molecule has 2 aromatic rings. The summed E-state index contributed by atoms with van der Waals surface area (Å²) in [6.07, 6.45) is 5.45. The highest BCUT2D eigenvalue weighted by atomic mass is 14.3. The molecule has 3 rings (SSSR count). The van der Waals surface area contributed by atoms with E-state index in [9.17, 15) is 0 Å². The highest BCUT2D eigenvalue weighted by molar-refractivity contribution is 5.79. The molecule has 0 heterocycles. The summed E-state index contributed by atoms with van der Waals surface area (Å²) >= 11 is 0. The number of terminal acetylenes is 1. The molecule has 0 radical (unpaired) electrons. The Labute approximate surface area is 95.9 Å². The van der Waals surface area contributed by atoms with Gasteiger partial charge >= 0.3 is 0 Å². The Morgan fingerprint density at radius 1 is 1.00 bits per heavy atom. The molecule has 1 aliphatic carbocycles. The van der Waals surface area contributed by atoms with Gasteiger partial charge in [0.1, 0.15) is 0 Å². The van der Waals surface area contributed by atoms with Crippen molar-refractivity contribution in [2.75, 3.05) is 0 Å². The van der Waals surface area contributed by atoms with E-state index in [4.69, 9.17) is 6.42 Å². The molecular weight excluding hydrogens is 192 g/mol. The molecule has 76 valence electrons. The van der Waals surface area contributed by atoms with Crippen LogP contribution in [0, 0.1) is 12.3 Å². The van der Waals surface area contributed by atoms with Crippen molar-refractivity contribution in [1.29, 1.82) is 0 Å². The van der Waals surface area contributed by atoms with Crippen LogP contribution in [0.4, 0.5) is 0 Å². The zero-order chi connectivity index (χ0) is 11.1. The van der Waals surface area contributed by atoms with Crippen LogP contribution < -0.4 is 0 Å². The Morgan fingerprint density at radius 3 is 2.56 bits per heavy atom. The molecule has 0 N–H and O–H groups in total. The molecule has 16 heavy (non-hydrogen) atoms. The summed E-state index contributed by atoms with van der Waals surface area (Å²) in [4.78, 5) is 0. The molecule has 1 unspecified atom stereocenters. The monoisotopic (exact) mass is 204 g/mol. The lowest BCUT2D eigenvalue weighted by Crippen LogP contribution is -1.88. The van der Waals surface area contributed by atoms with Gasteiger partial charge in [-0.25, -0.2) is 0 Å². The zero-order valence-electron chi connectivity index (χ0n) is 9.20. The van der Waals surface area contributed by atoms with Gasteiger partial charge in [-0.3, -0.25) is 0 Å². The summed E-state index contributed by atoms with van der Waals surface area (Å²) in [5, 5.41) is 0. The summed E-state index contributed by atoms with van der Waals surface area (Å²) in [6.45, 7) is 2.25. The maximum Gasteiger partial charge on any atom is 0.0248 e. The highest BCUT2D eigenvalue weighted by Crippen LogP contribution is 2.44. The second-order valence-electron chi connectivity index (χ2n) is 4.26. The lowest BCUT2D eigenvalue weighted by Gasteiger charge is -2.05. The van der Waals surface area contributed by atoms with Gasteiger partial charge in [0, 0.05) is 11.5 Å². The second-order valence-corrected chi connectivity index (χ2v) is 4.26. The number of hydrogen-bond donors (Lipinski definition) is 0. The van der Waals surface area contributed by atoms with Gasteiger partial charge in [0.15, 0.2) is 0 Å². The predicted molar refractivity (Wildman–Crippen MR) is 67.3 cm³/mol. The fourth-order valence-corrected chi connectivity index (χ4v) is 2.54.